The number of carbonyl (C=O) groups excluding carboxylic acids is 1. The number of aromatic nitrogens is 3. The van der Waals surface area contributed by atoms with Gasteiger partial charge in [0.15, 0.2) is 0 Å². The van der Waals surface area contributed by atoms with Crippen LogP contribution in [0, 0.1) is 5.92 Å². The highest BCUT2D eigenvalue weighted by molar-refractivity contribution is 5.78. The molecule has 1 aliphatic carbocycles. The molecule has 1 atom stereocenters. The van der Waals surface area contributed by atoms with Crippen LogP contribution < -0.4 is 11.1 Å². The van der Waals surface area contributed by atoms with Gasteiger partial charge in [0.25, 0.3) is 0 Å². The second kappa shape index (κ2) is 7.77. The van der Waals surface area contributed by atoms with Gasteiger partial charge >= 0.3 is 0 Å². The van der Waals surface area contributed by atoms with Crippen molar-refractivity contribution in [2.45, 2.75) is 50.9 Å². The summed E-state index contributed by atoms with van der Waals surface area (Å²) >= 11 is 0. The lowest BCUT2D eigenvalue weighted by Gasteiger charge is -2.31. The number of nitrogens with zero attached hydrogens (tertiary/aromatic N) is 3. The fourth-order valence-corrected chi connectivity index (χ4v) is 3.80. The van der Waals surface area contributed by atoms with Gasteiger partial charge in [-0.1, -0.05) is 19.3 Å². The Labute approximate surface area is 137 Å². The molecule has 1 aliphatic heterocycles. The number of hydrogen-bond donors (Lipinski definition) is 3. The van der Waals surface area contributed by atoms with E-state index >= 15 is 0 Å². The maximum atomic E-state index is 12.2. The Morgan fingerprint density at radius 2 is 2.09 bits per heavy atom. The summed E-state index contributed by atoms with van der Waals surface area (Å²) in [6.07, 6.45) is 8.64. The molecule has 0 radical (unpaired) electrons. The van der Waals surface area contributed by atoms with Gasteiger partial charge in [-0.15, -0.1) is 5.10 Å². The van der Waals surface area contributed by atoms with Crippen molar-refractivity contribution in [1.82, 2.24) is 25.4 Å². The number of rotatable bonds is 5. The predicted octanol–water partition coefficient (Wildman–Crippen LogP) is 1.26. The van der Waals surface area contributed by atoms with E-state index in [9.17, 15) is 4.79 Å². The number of likely N-dealkylation sites (tertiary alicyclic amines) is 1. The van der Waals surface area contributed by atoms with Crippen LogP contribution in [0.25, 0.3) is 0 Å². The highest BCUT2D eigenvalue weighted by atomic mass is 16.2. The van der Waals surface area contributed by atoms with E-state index in [4.69, 9.17) is 5.73 Å². The van der Waals surface area contributed by atoms with Crippen molar-refractivity contribution in [3.05, 3.63) is 5.82 Å². The van der Waals surface area contributed by atoms with E-state index in [0.717, 1.165) is 38.3 Å². The Bertz CT molecular complexity index is 510. The van der Waals surface area contributed by atoms with Gasteiger partial charge in [-0.25, -0.2) is 0 Å². The molecule has 1 saturated heterocycles. The van der Waals surface area contributed by atoms with Crippen LogP contribution in [0.4, 0.5) is 5.95 Å². The van der Waals surface area contributed by atoms with Crippen LogP contribution >= 0.6 is 0 Å². The molecule has 2 heterocycles. The standard InChI is InChI=1S/C16H28N6O/c17-16-19-15(20-21-16)13-7-4-8-22(10-13)11-14(23)18-9-12-5-2-1-3-6-12/h12-13H,1-11H2,(H,18,23)(H3,17,19,20,21). The maximum absolute atomic E-state index is 12.2. The van der Waals surface area contributed by atoms with Crippen molar-refractivity contribution in [3.8, 4) is 0 Å². The van der Waals surface area contributed by atoms with Gasteiger partial charge < -0.3 is 11.1 Å². The zero-order valence-electron chi connectivity index (χ0n) is 13.8. The summed E-state index contributed by atoms with van der Waals surface area (Å²) in [6.45, 7) is 3.13. The fourth-order valence-electron chi connectivity index (χ4n) is 3.80. The van der Waals surface area contributed by atoms with Crippen LogP contribution in [-0.2, 0) is 4.79 Å². The Hall–Kier alpha value is -1.63. The molecule has 0 spiro atoms. The van der Waals surface area contributed by atoms with E-state index in [1.54, 1.807) is 0 Å². The van der Waals surface area contributed by atoms with E-state index in [2.05, 4.69) is 25.4 Å². The Balaban J connectivity index is 1.42. The third-order valence-corrected chi connectivity index (χ3v) is 5.09. The summed E-state index contributed by atoms with van der Waals surface area (Å²) in [5.74, 6) is 2.25. The lowest BCUT2D eigenvalue weighted by molar-refractivity contribution is -0.122. The number of nitrogens with one attached hydrogen (secondary N) is 2. The summed E-state index contributed by atoms with van der Waals surface area (Å²) in [7, 11) is 0. The monoisotopic (exact) mass is 320 g/mol. The van der Waals surface area contributed by atoms with Crippen LogP contribution in [0.15, 0.2) is 0 Å². The topological polar surface area (TPSA) is 99.9 Å². The lowest BCUT2D eigenvalue weighted by Crippen LogP contribution is -2.43. The average Bonchev–Trinajstić information content (AvgIpc) is 3.01. The van der Waals surface area contributed by atoms with Gasteiger partial charge in [0.2, 0.25) is 11.9 Å². The molecule has 0 aromatic carbocycles. The van der Waals surface area contributed by atoms with Crippen LogP contribution in [0.1, 0.15) is 56.7 Å². The minimum Gasteiger partial charge on any atom is -0.367 e. The normalized spacial score (nSPS) is 23.7. The molecule has 1 unspecified atom stereocenters. The van der Waals surface area contributed by atoms with Gasteiger partial charge in [-0.05, 0) is 38.1 Å². The van der Waals surface area contributed by atoms with E-state index in [1.165, 1.54) is 32.1 Å². The first-order valence-corrected chi connectivity index (χ1v) is 8.87. The maximum Gasteiger partial charge on any atom is 0.239 e. The molecule has 1 amide bonds. The number of nitrogen functional groups attached to an aromatic ring is 1. The van der Waals surface area contributed by atoms with E-state index in [-0.39, 0.29) is 5.91 Å². The number of H-pyrrole nitrogens is 1. The molecule has 1 saturated carbocycles. The molecule has 0 bridgehead atoms. The first kappa shape index (κ1) is 16.2. The quantitative estimate of drug-likeness (QED) is 0.758. The minimum absolute atomic E-state index is 0.147. The lowest BCUT2D eigenvalue weighted by atomic mass is 9.89. The van der Waals surface area contributed by atoms with Crippen molar-refractivity contribution in [1.29, 1.82) is 0 Å². The molecule has 7 nitrogen and oxygen atoms in total. The molecule has 1 aromatic rings. The number of nitrogens with two attached hydrogens (primary N) is 1. The number of anilines is 1. The van der Waals surface area contributed by atoms with Gasteiger partial charge in [0.05, 0.1) is 6.54 Å². The van der Waals surface area contributed by atoms with Crippen LogP contribution in [0.5, 0.6) is 0 Å². The summed E-state index contributed by atoms with van der Waals surface area (Å²) in [5.41, 5.74) is 5.58. The number of carbonyl (C=O) groups is 1. The molecule has 23 heavy (non-hydrogen) atoms. The van der Waals surface area contributed by atoms with Crippen molar-refractivity contribution in [2.24, 2.45) is 5.92 Å². The highest BCUT2D eigenvalue weighted by Gasteiger charge is 2.25. The molecule has 1 aromatic heterocycles. The predicted molar refractivity (Wildman–Crippen MR) is 88.8 cm³/mol. The first-order chi connectivity index (χ1) is 11.2. The number of amides is 1. The number of aromatic amines is 1. The van der Waals surface area contributed by atoms with E-state index in [0.29, 0.717) is 24.3 Å². The summed E-state index contributed by atoms with van der Waals surface area (Å²) < 4.78 is 0. The summed E-state index contributed by atoms with van der Waals surface area (Å²) in [4.78, 5) is 18.6. The van der Waals surface area contributed by atoms with Crippen molar-refractivity contribution >= 4 is 11.9 Å². The van der Waals surface area contributed by atoms with Crippen LogP contribution in [-0.4, -0.2) is 52.2 Å². The van der Waals surface area contributed by atoms with Gasteiger partial charge in [0.1, 0.15) is 5.82 Å². The number of piperidine rings is 1. The second-order valence-electron chi connectivity index (χ2n) is 6.96. The van der Waals surface area contributed by atoms with E-state index in [1.807, 2.05) is 0 Å². The van der Waals surface area contributed by atoms with Crippen LogP contribution in [0.3, 0.4) is 0 Å². The summed E-state index contributed by atoms with van der Waals surface area (Å²) in [6, 6.07) is 0. The Kier molecular flexibility index (Phi) is 5.48. The number of hydrogen-bond acceptors (Lipinski definition) is 5. The van der Waals surface area contributed by atoms with Crippen molar-refractivity contribution < 1.29 is 4.79 Å². The molecule has 3 rings (SSSR count). The van der Waals surface area contributed by atoms with Gasteiger partial charge in [0, 0.05) is 19.0 Å². The second-order valence-corrected chi connectivity index (χ2v) is 6.96. The fraction of sp³-hybridized carbons (Fsp3) is 0.812. The molecule has 2 fully saturated rings. The Morgan fingerprint density at radius 3 is 2.83 bits per heavy atom. The average molecular weight is 320 g/mol. The first-order valence-electron chi connectivity index (χ1n) is 8.87. The molecular weight excluding hydrogens is 292 g/mol. The Morgan fingerprint density at radius 1 is 1.26 bits per heavy atom. The van der Waals surface area contributed by atoms with Crippen molar-refractivity contribution in [2.75, 3.05) is 31.9 Å². The van der Waals surface area contributed by atoms with Gasteiger partial charge in [-0.3, -0.25) is 14.8 Å². The molecular formula is C16H28N6O. The smallest absolute Gasteiger partial charge is 0.239 e. The van der Waals surface area contributed by atoms with Crippen LogP contribution in [0.2, 0.25) is 0 Å². The molecule has 4 N–H and O–H groups in total. The molecule has 128 valence electrons. The largest absolute Gasteiger partial charge is 0.367 e. The third-order valence-electron chi connectivity index (χ3n) is 5.09. The third kappa shape index (κ3) is 4.67. The zero-order valence-corrected chi connectivity index (χ0v) is 13.8. The SMILES string of the molecule is Nc1n[nH]c(C2CCCN(CC(=O)NCC3CCCCC3)C2)n1. The minimum atomic E-state index is 0.147. The molecule has 7 heteroatoms. The van der Waals surface area contributed by atoms with Gasteiger partial charge in [-0.2, -0.15) is 4.98 Å². The van der Waals surface area contributed by atoms with Crippen molar-refractivity contribution in [3.63, 3.8) is 0 Å². The summed E-state index contributed by atoms with van der Waals surface area (Å²) in [5, 5.41) is 9.93. The zero-order chi connectivity index (χ0) is 16.1. The molecule has 2 aliphatic rings. The van der Waals surface area contributed by atoms with E-state index < -0.39 is 0 Å². The highest BCUT2D eigenvalue weighted by Crippen LogP contribution is 2.25.